The number of rotatable bonds is 6. The molecule has 2 aromatic rings. The molecule has 0 bridgehead atoms. The zero-order valence-electron chi connectivity index (χ0n) is 15.7. The Morgan fingerprint density at radius 2 is 1.74 bits per heavy atom. The van der Waals surface area contributed by atoms with Crippen LogP contribution in [-0.2, 0) is 6.42 Å². The van der Waals surface area contributed by atoms with E-state index in [0.717, 1.165) is 38.8 Å². The summed E-state index contributed by atoms with van der Waals surface area (Å²) < 4.78 is 0. The fourth-order valence-corrected chi connectivity index (χ4v) is 3.37. The van der Waals surface area contributed by atoms with Crippen LogP contribution in [0.15, 0.2) is 48.7 Å². The average Bonchev–Trinajstić information content (AvgIpc) is 3.01. The monoisotopic (exact) mass is 365 g/mol. The summed E-state index contributed by atoms with van der Waals surface area (Å²) in [5.74, 6) is -0.231. The summed E-state index contributed by atoms with van der Waals surface area (Å²) in [6.45, 7) is 2.17. The number of hydrogen-bond acceptors (Lipinski definition) is 3. The maximum atomic E-state index is 12.7. The van der Waals surface area contributed by atoms with Gasteiger partial charge in [0.2, 0.25) is 0 Å². The molecule has 2 heterocycles. The highest BCUT2D eigenvalue weighted by Gasteiger charge is 2.18. The van der Waals surface area contributed by atoms with Crippen molar-refractivity contribution in [1.29, 1.82) is 0 Å². The van der Waals surface area contributed by atoms with Crippen molar-refractivity contribution >= 4 is 11.8 Å². The molecule has 0 aliphatic carbocycles. The molecule has 1 saturated heterocycles. The van der Waals surface area contributed by atoms with Gasteiger partial charge in [0, 0.05) is 31.4 Å². The van der Waals surface area contributed by atoms with E-state index in [9.17, 15) is 9.59 Å². The summed E-state index contributed by atoms with van der Waals surface area (Å²) in [5, 5.41) is 2.90. The minimum atomic E-state index is -0.228. The van der Waals surface area contributed by atoms with Crippen molar-refractivity contribution in [2.24, 2.45) is 0 Å². The summed E-state index contributed by atoms with van der Waals surface area (Å²) in [4.78, 5) is 31.1. The van der Waals surface area contributed by atoms with Crippen LogP contribution in [0.1, 0.15) is 58.5 Å². The van der Waals surface area contributed by atoms with E-state index in [1.165, 1.54) is 18.4 Å². The van der Waals surface area contributed by atoms with E-state index in [-0.39, 0.29) is 11.8 Å². The van der Waals surface area contributed by atoms with Crippen LogP contribution in [0.4, 0.5) is 0 Å². The highest BCUT2D eigenvalue weighted by Crippen LogP contribution is 2.14. The fraction of sp³-hybridized carbons (Fsp3) is 0.409. The third kappa shape index (κ3) is 5.64. The minimum Gasteiger partial charge on any atom is -0.351 e. The number of amides is 2. The summed E-state index contributed by atoms with van der Waals surface area (Å²) in [6, 6.07) is 13.5. The molecule has 27 heavy (non-hydrogen) atoms. The molecular weight excluding hydrogens is 338 g/mol. The number of nitrogens with one attached hydrogen (secondary N) is 1. The standard InChI is InChI=1S/C22H27N3O2/c26-21(24-13-8-11-18-9-4-3-5-10-18)20-17-19(12-14-23-20)22(27)25-15-6-1-2-7-16-25/h3-5,9-10,12,14,17H,1-2,6-8,11,13,15-16H2,(H,24,26). The molecular formula is C22H27N3O2. The molecule has 0 saturated carbocycles. The molecule has 1 aromatic heterocycles. The Labute approximate surface area is 160 Å². The molecule has 1 aliphatic rings. The second kappa shape index (κ2) is 9.86. The van der Waals surface area contributed by atoms with Crippen LogP contribution >= 0.6 is 0 Å². The van der Waals surface area contributed by atoms with Gasteiger partial charge in [0.05, 0.1) is 0 Å². The van der Waals surface area contributed by atoms with E-state index < -0.39 is 0 Å². The highest BCUT2D eigenvalue weighted by atomic mass is 16.2. The van der Waals surface area contributed by atoms with Crippen LogP contribution in [0.5, 0.6) is 0 Å². The number of hydrogen-bond donors (Lipinski definition) is 1. The lowest BCUT2D eigenvalue weighted by molar-refractivity contribution is 0.0761. The van der Waals surface area contributed by atoms with Crippen molar-refractivity contribution in [3.05, 3.63) is 65.5 Å². The smallest absolute Gasteiger partial charge is 0.269 e. The Morgan fingerprint density at radius 3 is 2.48 bits per heavy atom. The van der Waals surface area contributed by atoms with Gasteiger partial charge in [-0.2, -0.15) is 0 Å². The maximum absolute atomic E-state index is 12.7. The topological polar surface area (TPSA) is 62.3 Å². The quantitative estimate of drug-likeness (QED) is 0.798. The third-order valence-corrected chi connectivity index (χ3v) is 4.90. The number of carbonyl (C=O) groups excluding carboxylic acids is 2. The Balaban J connectivity index is 1.52. The minimum absolute atomic E-state index is 0.00238. The Hall–Kier alpha value is -2.69. The lowest BCUT2D eigenvalue weighted by Gasteiger charge is -2.20. The van der Waals surface area contributed by atoms with Gasteiger partial charge < -0.3 is 10.2 Å². The second-order valence-corrected chi connectivity index (χ2v) is 6.98. The summed E-state index contributed by atoms with van der Waals surface area (Å²) in [7, 11) is 0. The fourth-order valence-electron chi connectivity index (χ4n) is 3.37. The van der Waals surface area contributed by atoms with Crippen LogP contribution < -0.4 is 5.32 Å². The van der Waals surface area contributed by atoms with Crippen molar-refractivity contribution in [2.45, 2.75) is 38.5 Å². The number of benzene rings is 1. The van der Waals surface area contributed by atoms with Crippen LogP contribution in [-0.4, -0.2) is 41.3 Å². The summed E-state index contributed by atoms with van der Waals surface area (Å²) in [6.07, 6.45) is 7.78. The van der Waals surface area contributed by atoms with Crippen LogP contribution in [0.25, 0.3) is 0 Å². The molecule has 5 heteroatoms. The van der Waals surface area contributed by atoms with E-state index in [1.807, 2.05) is 23.1 Å². The Kier molecular flexibility index (Phi) is 6.97. The largest absolute Gasteiger partial charge is 0.351 e. The normalized spacial score (nSPS) is 14.4. The van der Waals surface area contributed by atoms with Gasteiger partial charge in [0.25, 0.3) is 11.8 Å². The molecule has 1 fully saturated rings. The highest BCUT2D eigenvalue weighted by molar-refractivity contribution is 5.98. The van der Waals surface area contributed by atoms with Crippen molar-refractivity contribution in [2.75, 3.05) is 19.6 Å². The van der Waals surface area contributed by atoms with Crippen LogP contribution in [0, 0.1) is 0 Å². The van der Waals surface area contributed by atoms with E-state index in [2.05, 4.69) is 22.4 Å². The first kappa shape index (κ1) is 19.1. The third-order valence-electron chi connectivity index (χ3n) is 4.90. The number of nitrogens with zero attached hydrogens (tertiary/aromatic N) is 2. The first-order valence-corrected chi connectivity index (χ1v) is 9.81. The molecule has 0 spiro atoms. The van der Waals surface area contributed by atoms with E-state index >= 15 is 0 Å². The predicted octanol–water partition coefficient (Wildman–Crippen LogP) is 3.46. The Bertz CT molecular complexity index is 753. The Morgan fingerprint density at radius 1 is 1.00 bits per heavy atom. The zero-order valence-corrected chi connectivity index (χ0v) is 15.7. The van der Waals surface area contributed by atoms with E-state index in [4.69, 9.17) is 0 Å². The molecule has 1 N–H and O–H groups in total. The van der Waals surface area contributed by atoms with Gasteiger partial charge in [0.1, 0.15) is 5.69 Å². The van der Waals surface area contributed by atoms with E-state index in [0.29, 0.717) is 17.8 Å². The zero-order chi connectivity index (χ0) is 18.9. The van der Waals surface area contributed by atoms with Crippen molar-refractivity contribution in [3.63, 3.8) is 0 Å². The first-order chi connectivity index (χ1) is 13.2. The number of aromatic nitrogens is 1. The maximum Gasteiger partial charge on any atom is 0.269 e. The van der Waals surface area contributed by atoms with Gasteiger partial charge in [0.15, 0.2) is 0 Å². The van der Waals surface area contributed by atoms with Gasteiger partial charge in [-0.05, 0) is 43.4 Å². The van der Waals surface area contributed by atoms with Crippen molar-refractivity contribution in [1.82, 2.24) is 15.2 Å². The molecule has 0 atom stereocenters. The number of carbonyl (C=O) groups is 2. The molecule has 1 aromatic carbocycles. The molecule has 2 amide bonds. The number of aryl methyl sites for hydroxylation is 1. The van der Waals surface area contributed by atoms with Gasteiger partial charge in [-0.25, -0.2) is 0 Å². The molecule has 3 rings (SSSR count). The lowest BCUT2D eigenvalue weighted by atomic mass is 10.1. The van der Waals surface area contributed by atoms with Gasteiger partial charge >= 0.3 is 0 Å². The number of pyridine rings is 1. The molecule has 0 radical (unpaired) electrons. The molecule has 1 aliphatic heterocycles. The second-order valence-electron chi connectivity index (χ2n) is 6.98. The van der Waals surface area contributed by atoms with Gasteiger partial charge in [-0.1, -0.05) is 43.2 Å². The SMILES string of the molecule is O=C(NCCCc1ccccc1)c1cc(C(=O)N2CCCCCC2)ccn1. The van der Waals surface area contributed by atoms with Gasteiger partial charge in [-0.15, -0.1) is 0 Å². The molecule has 0 unspecified atom stereocenters. The van der Waals surface area contributed by atoms with E-state index in [1.54, 1.807) is 18.3 Å². The molecule has 142 valence electrons. The molecule has 5 nitrogen and oxygen atoms in total. The lowest BCUT2D eigenvalue weighted by Crippen LogP contribution is -2.32. The summed E-state index contributed by atoms with van der Waals surface area (Å²) >= 11 is 0. The first-order valence-electron chi connectivity index (χ1n) is 9.81. The number of likely N-dealkylation sites (tertiary alicyclic amines) is 1. The summed E-state index contributed by atoms with van der Waals surface area (Å²) in [5.41, 5.74) is 2.10. The van der Waals surface area contributed by atoms with Crippen molar-refractivity contribution < 1.29 is 9.59 Å². The van der Waals surface area contributed by atoms with Crippen LogP contribution in [0.2, 0.25) is 0 Å². The van der Waals surface area contributed by atoms with Crippen molar-refractivity contribution in [3.8, 4) is 0 Å². The van der Waals surface area contributed by atoms with Crippen LogP contribution in [0.3, 0.4) is 0 Å². The average molecular weight is 365 g/mol. The van der Waals surface area contributed by atoms with Gasteiger partial charge in [-0.3, -0.25) is 14.6 Å². The predicted molar refractivity (Wildman–Crippen MR) is 106 cm³/mol.